The molecule has 0 aliphatic carbocycles. The first-order chi connectivity index (χ1) is 15.5. The van der Waals surface area contributed by atoms with Crippen LogP contribution in [0.25, 0.3) is 22.2 Å². The predicted octanol–water partition coefficient (Wildman–Crippen LogP) is 8.33. The van der Waals surface area contributed by atoms with Gasteiger partial charge >= 0.3 is 0 Å². The van der Waals surface area contributed by atoms with E-state index >= 15 is 0 Å². The van der Waals surface area contributed by atoms with Crippen molar-refractivity contribution < 1.29 is 30.0 Å². The Bertz CT molecular complexity index is 1220. The second kappa shape index (κ2) is 11.6. The van der Waals surface area contributed by atoms with Crippen molar-refractivity contribution in [1.82, 2.24) is 4.98 Å². The van der Waals surface area contributed by atoms with E-state index in [2.05, 4.69) is 71.0 Å². The van der Waals surface area contributed by atoms with Gasteiger partial charge < -0.3 is 5.11 Å². The van der Waals surface area contributed by atoms with Crippen molar-refractivity contribution in [3.8, 4) is 11.3 Å². The summed E-state index contributed by atoms with van der Waals surface area (Å²) in [6, 6.07) is 14.1. The fourth-order valence-corrected chi connectivity index (χ4v) is 3.65. The Morgan fingerprint density at radius 3 is 2.03 bits per heavy atom. The first kappa shape index (κ1) is 30.7. The Labute approximate surface area is 225 Å². The summed E-state index contributed by atoms with van der Waals surface area (Å²) in [4.78, 5) is 16.4. The molecule has 1 N–H and O–H groups in total. The summed E-state index contributed by atoms with van der Waals surface area (Å²) in [6.45, 7) is 21.8. The normalized spacial score (nSPS) is 12.0. The first-order valence-corrected chi connectivity index (χ1v) is 11.9. The van der Waals surface area contributed by atoms with Gasteiger partial charge in [-0.3, -0.25) is 9.78 Å². The Morgan fingerprint density at radius 2 is 1.51 bits per heavy atom. The monoisotopic (exact) mass is 651 g/mol. The molecule has 0 amide bonds. The number of aromatic nitrogens is 1. The molecule has 2 aromatic carbocycles. The number of aryl methyl sites for hydroxylation is 4. The molecule has 0 bridgehead atoms. The number of ketones is 1. The number of allylic oxidation sites excluding steroid dienone is 2. The van der Waals surface area contributed by atoms with Crippen molar-refractivity contribution in [2.75, 3.05) is 0 Å². The largest absolute Gasteiger partial charge is 0.512 e. The van der Waals surface area contributed by atoms with E-state index in [0.717, 1.165) is 22.3 Å². The molecule has 0 saturated heterocycles. The predicted molar refractivity (Wildman–Crippen MR) is 144 cm³/mol. The molecule has 0 fully saturated rings. The van der Waals surface area contributed by atoms with E-state index < -0.39 is 5.41 Å². The third kappa shape index (κ3) is 7.85. The second-order valence-corrected chi connectivity index (χ2v) is 11.3. The molecule has 0 aliphatic rings. The number of aliphatic hydroxyl groups excluding tert-OH is 1. The van der Waals surface area contributed by atoms with Gasteiger partial charge in [0.1, 0.15) is 5.76 Å². The van der Waals surface area contributed by atoms with E-state index in [1.165, 1.54) is 33.7 Å². The molecule has 4 heteroatoms. The smallest absolute Gasteiger partial charge is 0.164 e. The van der Waals surface area contributed by atoms with Crippen LogP contribution in [-0.2, 0) is 24.9 Å². The average molecular weight is 651 g/mol. The van der Waals surface area contributed by atoms with E-state index in [1.54, 1.807) is 0 Å². The number of benzene rings is 2. The van der Waals surface area contributed by atoms with Crippen LogP contribution in [0.3, 0.4) is 0 Å². The van der Waals surface area contributed by atoms with E-state index in [-0.39, 0.29) is 37.1 Å². The summed E-state index contributed by atoms with van der Waals surface area (Å²) in [5, 5.41) is 10.8. The molecule has 0 spiro atoms. The van der Waals surface area contributed by atoms with Crippen LogP contribution in [0.15, 0.2) is 42.2 Å². The minimum atomic E-state index is -0.417. The molecule has 1 radical (unpaired) electrons. The zero-order valence-corrected chi connectivity index (χ0v) is 25.5. The first-order valence-electron chi connectivity index (χ1n) is 11.9. The van der Waals surface area contributed by atoms with Gasteiger partial charge in [0.2, 0.25) is 0 Å². The summed E-state index contributed by atoms with van der Waals surface area (Å²) < 4.78 is 0. The summed E-state index contributed by atoms with van der Waals surface area (Å²) in [5.74, 6) is 0.104. The van der Waals surface area contributed by atoms with Crippen molar-refractivity contribution in [2.24, 2.45) is 10.8 Å². The maximum absolute atomic E-state index is 11.5. The quantitative estimate of drug-likeness (QED) is 0.172. The number of hydrogen-bond donors (Lipinski definition) is 1. The molecule has 1 heterocycles. The minimum absolute atomic E-state index is 0. The Hall–Kier alpha value is -2.29. The van der Waals surface area contributed by atoms with Crippen LogP contribution in [0.5, 0.6) is 0 Å². The summed E-state index contributed by atoms with van der Waals surface area (Å²) in [6.07, 6.45) is 1.33. The number of rotatable bonds is 2. The van der Waals surface area contributed by atoms with Gasteiger partial charge in [-0.1, -0.05) is 73.1 Å². The van der Waals surface area contributed by atoms with E-state index in [0.29, 0.717) is 0 Å². The van der Waals surface area contributed by atoms with Gasteiger partial charge in [0.05, 0.1) is 5.52 Å². The number of carbonyl (C=O) groups is 1. The van der Waals surface area contributed by atoms with Gasteiger partial charge in [-0.25, -0.2) is 0 Å². The molecule has 0 atom stereocenters. The average Bonchev–Trinajstić information content (AvgIpc) is 2.68. The van der Waals surface area contributed by atoms with E-state index in [1.807, 2.05) is 41.5 Å². The van der Waals surface area contributed by atoms with Crippen molar-refractivity contribution in [1.29, 1.82) is 0 Å². The van der Waals surface area contributed by atoms with Crippen LogP contribution in [0.2, 0.25) is 0 Å². The van der Waals surface area contributed by atoms with Gasteiger partial charge in [-0.2, -0.15) is 0 Å². The van der Waals surface area contributed by atoms with Crippen molar-refractivity contribution >= 4 is 16.7 Å². The standard InChI is InChI=1S/C20H20N.C11H20O2.Ir/c1-12-9-13(2)11-17(10-12)20-16(5)15(4)19-14(3)7-6-8-18(19)21-20;1-10(2,3)8(12)7-9(13)11(4,5)6;/h6-10H,1-5H3;7,12H,1-6H3;/q-1;;/b;8-7-;. The molecule has 1 aromatic heterocycles. The summed E-state index contributed by atoms with van der Waals surface area (Å²) >= 11 is 0. The fraction of sp³-hybridized carbons (Fsp3) is 0.419. The molecule has 3 nitrogen and oxygen atoms in total. The molecule has 35 heavy (non-hydrogen) atoms. The fourth-order valence-electron chi connectivity index (χ4n) is 3.65. The minimum Gasteiger partial charge on any atom is -0.512 e. The number of aliphatic hydroxyl groups is 1. The van der Waals surface area contributed by atoms with Gasteiger partial charge in [-0.15, -0.1) is 34.9 Å². The third-order valence-corrected chi connectivity index (χ3v) is 5.95. The van der Waals surface area contributed by atoms with Gasteiger partial charge in [0.15, 0.2) is 5.78 Å². The number of hydrogen-bond acceptors (Lipinski definition) is 3. The Balaban J connectivity index is 0.000000383. The molecular weight excluding hydrogens is 611 g/mol. The van der Waals surface area contributed by atoms with Crippen molar-refractivity contribution in [3.05, 3.63) is 76.1 Å². The number of pyridine rings is 1. The molecule has 3 rings (SSSR count). The van der Waals surface area contributed by atoms with Crippen molar-refractivity contribution in [2.45, 2.75) is 76.2 Å². The van der Waals surface area contributed by atoms with Crippen LogP contribution < -0.4 is 0 Å². The topological polar surface area (TPSA) is 50.2 Å². The summed E-state index contributed by atoms with van der Waals surface area (Å²) in [7, 11) is 0. The summed E-state index contributed by atoms with van der Waals surface area (Å²) in [5.41, 5.74) is 8.72. The maximum atomic E-state index is 11.5. The molecule has 0 aliphatic heterocycles. The van der Waals surface area contributed by atoms with Gasteiger partial charge in [0, 0.05) is 42.4 Å². The van der Waals surface area contributed by atoms with Crippen LogP contribution in [-0.4, -0.2) is 15.9 Å². The zero-order valence-electron chi connectivity index (χ0n) is 23.1. The number of fused-ring (bicyclic) bond motifs is 1. The van der Waals surface area contributed by atoms with Crippen LogP contribution in [0.4, 0.5) is 0 Å². The Kier molecular flexibility index (Phi) is 10.2. The number of carbonyl (C=O) groups excluding carboxylic acids is 1. The Morgan fingerprint density at radius 1 is 0.914 bits per heavy atom. The van der Waals surface area contributed by atoms with Crippen LogP contribution >= 0.6 is 0 Å². The van der Waals surface area contributed by atoms with Crippen LogP contribution in [0.1, 0.15) is 69.4 Å². The van der Waals surface area contributed by atoms with E-state index in [4.69, 9.17) is 4.98 Å². The SMILES string of the molecule is CC(C)(C)C(=O)/C=C(\O)C(C)(C)C.Cc1[c-]c(-c2nc3cccc(C)c3c(C)c2C)cc(C)c1.[Ir]. The van der Waals surface area contributed by atoms with Gasteiger partial charge in [-0.05, 0) is 43.7 Å². The third-order valence-electron chi connectivity index (χ3n) is 5.95. The zero-order chi connectivity index (χ0) is 26.0. The molecular formula is C31H40IrNO2-. The molecule has 3 aromatic rings. The van der Waals surface area contributed by atoms with Crippen LogP contribution in [0, 0.1) is 51.5 Å². The van der Waals surface area contributed by atoms with Crippen molar-refractivity contribution in [3.63, 3.8) is 0 Å². The molecule has 0 unspecified atom stereocenters. The molecule has 191 valence electrons. The second-order valence-electron chi connectivity index (χ2n) is 11.3. The van der Waals surface area contributed by atoms with E-state index in [9.17, 15) is 9.90 Å². The molecule has 0 saturated carbocycles. The van der Waals surface area contributed by atoms with Gasteiger partial charge in [0.25, 0.3) is 0 Å². The maximum Gasteiger partial charge on any atom is 0.164 e. The number of nitrogens with zero attached hydrogens (tertiary/aromatic N) is 1.